The van der Waals surface area contributed by atoms with E-state index in [1.54, 1.807) is 31.7 Å². The molecule has 19 nitrogen and oxygen atoms in total. The van der Waals surface area contributed by atoms with Crippen molar-refractivity contribution in [2.24, 2.45) is 7.05 Å². The SMILES string of the molecule is CO[C@@H](C)COc1cc(O[C@H]2CCN(C(=O)O)C2)c2cc(C3CC3)c(-c3c(C)c(F)cc4nn(C(C)(C)C(c5ccccc5)(c5ccccc5)c5ccccc5)cc34)c(OCc3ccc(C(=O)N4CCN(Cc5ccc6c(c5)n(C)c(=O)n6C5CCC(=O)NC5=O)C[C@@H]4C)cc3)c2n1. The number of fused-ring (bicyclic) bond motifs is 3. The van der Waals surface area contributed by atoms with Crippen LogP contribution in [0.25, 0.3) is 44.0 Å². The highest BCUT2D eigenvalue weighted by Gasteiger charge is 2.51. The summed E-state index contributed by atoms with van der Waals surface area (Å²) >= 11 is 0. The second kappa shape index (κ2) is 26.3. The molecule has 20 heteroatoms. The topological polar surface area (TPSA) is 205 Å². The number of carboxylic acid groups (broad SMARTS) is 1. The van der Waals surface area contributed by atoms with Crippen LogP contribution in [-0.4, -0.2) is 132 Å². The average Bonchev–Trinajstić information content (AvgIpc) is 1.24. The number of pyridine rings is 1. The molecule has 4 amide bonds. The fraction of sp³-hybridized carbons (Fsp3) is 0.346. The van der Waals surface area contributed by atoms with Crippen molar-refractivity contribution in [1.82, 2.24) is 43.9 Å². The number of hydrogen-bond donors (Lipinski definition) is 2. The van der Waals surface area contributed by atoms with Crippen molar-refractivity contribution in [3.63, 3.8) is 0 Å². The van der Waals surface area contributed by atoms with Crippen LogP contribution in [0.15, 0.2) is 163 Å². The number of halogens is 1. The Balaban J connectivity index is 0.823. The number of piperazine rings is 1. The molecule has 4 atom stereocenters. The molecule has 4 aliphatic rings. The monoisotopic (exact) mass is 1320 g/mol. The van der Waals surface area contributed by atoms with Crippen LogP contribution in [-0.2, 0) is 45.5 Å². The summed E-state index contributed by atoms with van der Waals surface area (Å²) in [4.78, 5) is 75.9. The van der Waals surface area contributed by atoms with Gasteiger partial charge in [-0.3, -0.25) is 38.4 Å². The first-order chi connectivity index (χ1) is 47.3. The molecule has 0 spiro atoms. The number of hydrogen-bond acceptors (Lipinski definition) is 12. The molecule has 0 bridgehead atoms. The number of aromatic nitrogens is 5. The summed E-state index contributed by atoms with van der Waals surface area (Å²) in [6, 6.07) is 49.1. The Morgan fingerprint density at radius 3 is 2.06 bits per heavy atom. The molecule has 1 unspecified atom stereocenters. The lowest BCUT2D eigenvalue weighted by Crippen LogP contribution is -2.53. The molecule has 3 saturated heterocycles. The second-order valence-corrected chi connectivity index (χ2v) is 27.3. The number of imide groups is 1. The number of likely N-dealkylation sites (tertiary alicyclic amines) is 1. The van der Waals surface area contributed by atoms with Crippen LogP contribution in [0.3, 0.4) is 0 Å². The van der Waals surface area contributed by atoms with E-state index in [9.17, 15) is 29.1 Å². The van der Waals surface area contributed by atoms with E-state index in [0.717, 1.165) is 46.2 Å². The minimum absolute atomic E-state index is 0.0127. The number of imidazole rings is 1. The Kier molecular flexibility index (Phi) is 17.5. The maximum atomic E-state index is 17.5. The number of aryl methyl sites for hydroxylation is 1. The summed E-state index contributed by atoms with van der Waals surface area (Å²) in [5.74, 6) is -0.298. The van der Waals surface area contributed by atoms with Crippen molar-refractivity contribution < 1.29 is 47.6 Å². The van der Waals surface area contributed by atoms with Gasteiger partial charge in [0, 0.05) is 112 Å². The Morgan fingerprint density at radius 2 is 1.44 bits per heavy atom. The number of methoxy groups -OCH3 is 1. The number of carbonyl (C=O) groups excluding carboxylic acids is 3. The van der Waals surface area contributed by atoms with Crippen LogP contribution < -0.4 is 25.2 Å². The van der Waals surface area contributed by atoms with E-state index >= 15 is 4.39 Å². The number of carbonyl (C=O) groups is 4. The Bertz CT molecular complexity index is 4680. The van der Waals surface area contributed by atoms with Crippen molar-refractivity contribution in [1.29, 1.82) is 0 Å². The number of amides is 4. The Labute approximate surface area is 567 Å². The number of nitrogens with zero attached hydrogens (tertiary/aromatic N) is 8. The van der Waals surface area contributed by atoms with Gasteiger partial charge < -0.3 is 33.9 Å². The van der Waals surface area contributed by atoms with Gasteiger partial charge in [0.25, 0.3) is 5.91 Å². The van der Waals surface area contributed by atoms with Gasteiger partial charge in [0.05, 0.1) is 40.2 Å². The fourth-order valence-corrected chi connectivity index (χ4v) is 15.2. The first kappa shape index (κ1) is 65.1. The van der Waals surface area contributed by atoms with Gasteiger partial charge in [0.15, 0.2) is 5.75 Å². The molecule has 6 heterocycles. The lowest BCUT2D eigenvalue weighted by molar-refractivity contribution is -0.135. The van der Waals surface area contributed by atoms with Crippen LogP contribution in [0, 0.1) is 12.7 Å². The molecular weight excluding hydrogens is 1240 g/mol. The molecule has 10 aromatic rings. The van der Waals surface area contributed by atoms with Gasteiger partial charge in [0.2, 0.25) is 17.7 Å². The molecule has 4 fully saturated rings. The predicted octanol–water partition coefficient (Wildman–Crippen LogP) is 12.4. The van der Waals surface area contributed by atoms with Crippen molar-refractivity contribution in [3.05, 3.63) is 219 Å². The minimum atomic E-state index is -1.02. The highest BCUT2D eigenvalue weighted by molar-refractivity contribution is 6.05. The van der Waals surface area contributed by atoms with Crippen LogP contribution in [0.1, 0.15) is 121 Å². The molecule has 1 aliphatic carbocycles. The zero-order chi connectivity index (χ0) is 68.3. The van der Waals surface area contributed by atoms with E-state index in [0.29, 0.717) is 106 Å². The molecule has 0 radical (unpaired) electrons. The highest BCUT2D eigenvalue weighted by atomic mass is 19.1. The summed E-state index contributed by atoms with van der Waals surface area (Å²) in [5, 5.41) is 19.1. The summed E-state index contributed by atoms with van der Waals surface area (Å²) in [5.41, 5.74) is 8.08. The van der Waals surface area contributed by atoms with Gasteiger partial charge >= 0.3 is 11.8 Å². The largest absolute Gasteiger partial charge is 0.488 e. The van der Waals surface area contributed by atoms with E-state index in [-0.39, 0.29) is 74.0 Å². The molecule has 3 aromatic heterocycles. The first-order valence-corrected chi connectivity index (χ1v) is 33.8. The maximum Gasteiger partial charge on any atom is 0.407 e. The van der Waals surface area contributed by atoms with Gasteiger partial charge in [-0.05, 0) is 129 Å². The Hall–Kier alpha value is -10.2. The normalized spacial score (nSPS) is 18.2. The molecule has 504 valence electrons. The second-order valence-electron chi connectivity index (χ2n) is 27.3. The quantitative estimate of drug-likeness (QED) is 0.0539. The molecule has 2 N–H and O–H groups in total. The summed E-state index contributed by atoms with van der Waals surface area (Å²) in [6.45, 7) is 13.0. The van der Waals surface area contributed by atoms with E-state index in [1.165, 1.54) is 15.5 Å². The minimum Gasteiger partial charge on any atom is -0.488 e. The average molecular weight is 1320 g/mol. The van der Waals surface area contributed by atoms with Gasteiger partial charge in [0.1, 0.15) is 42.4 Å². The third kappa shape index (κ3) is 11.9. The van der Waals surface area contributed by atoms with Crippen LogP contribution in [0.5, 0.6) is 17.4 Å². The lowest BCUT2D eigenvalue weighted by Gasteiger charge is -2.48. The van der Waals surface area contributed by atoms with Crippen molar-refractivity contribution >= 4 is 56.7 Å². The third-order valence-corrected chi connectivity index (χ3v) is 20.6. The van der Waals surface area contributed by atoms with Gasteiger partial charge in [-0.15, -0.1) is 0 Å². The van der Waals surface area contributed by atoms with Crippen molar-refractivity contribution in [2.45, 2.75) is 121 Å². The summed E-state index contributed by atoms with van der Waals surface area (Å²) in [6.07, 6.45) is 2.85. The smallest absolute Gasteiger partial charge is 0.407 e. The molecule has 7 aromatic carbocycles. The van der Waals surface area contributed by atoms with Crippen LogP contribution in [0.2, 0.25) is 0 Å². The number of rotatable bonds is 20. The van der Waals surface area contributed by atoms with E-state index in [1.807, 2.05) is 84.1 Å². The molecular formula is C78H80FN9O10. The van der Waals surface area contributed by atoms with Gasteiger partial charge in [-0.1, -0.05) is 109 Å². The number of ether oxygens (including phenoxy) is 4. The molecule has 3 aliphatic heterocycles. The first-order valence-electron chi connectivity index (χ1n) is 33.8. The standard InChI is InChI=1S/C78H80FN9O10/c1-47-41-84(42-51-25-30-63-65(37-51)83(6)75(92)88(63)64-31-32-67(89)80-73(64)90)35-36-86(47)74(91)53-26-23-50(24-27-53)46-97-72-70(58(52-28-29-52)38-59-66(98-57-33-34-85(43-57)76(93)94)40-68(81-71(59)72)96-45-48(2)95-7)69-49(3)61(79)39-62-60(69)44-87(82-62)77(4,5)78(54-17-11-8-12-18-54,55-19-13-9-14-20-55)56-21-15-10-16-22-56/h8-27,30,37-40,44,47-48,52,57,64H,28-29,31-36,41-43,45-46H2,1-7H3,(H,93,94)(H,80,89,90)/t47-,48-,57-,64?/m0/s1. The van der Waals surface area contributed by atoms with Crippen molar-refractivity contribution in [3.8, 4) is 28.5 Å². The highest BCUT2D eigenvalue weighted by Crippen LogP contribution is 2.55. The zero-order valence-corrected chi connectivity index (χ0v) is 56.2. The summed E-state index contributed by atoms with van der Waals surface area (Å²) in [7, 11) is 3.29. The molecule has 98 heavy (non-hydrogen) atoms. The number of benzene rings is 7. The third-order valence-electron chi connectivity index (χ3n) is 20.6. The van der Waals surface area contributed by atoms with Gasteiger partial charge in [-0.2, -0.15) is 5.10 Å². The van der Waals surface area contributed by atoms with Crippen LogP contribution >= 0.6 is 0 Å². The zero-order valence-electron chi connectivity index (χ0n) is 56.2. The fourth-order valence-electron chi connectivity index (χ4n) is 15.2. The Morgan fingerprint density at radius 1 is 0.765 bits per heavy atom. The summed E-state index contributed by atoms with van der Waals surface area (Å²) < 4.78 is 48.7. The molecule has 1 saturated carbocycles. The van der Waals surface area contributed by atoms with E-state index < -0.39 is 40.9 Å². The maximum absolute atomic E-state index is 17.5. The number of nitrogens with one attached hydrogen (secondary N) is 1. The van der Waals surface area contributed by atoms with Gasteiger partial charge in [-0.25, -0.2) is 19.0 Å². The van der Waals surface area contributed by atoms with E-state index in [4.69, 9.17) is 29.0 Å². The predicted molar refractivity (Wildman–Crippen MR) is 371 cm³/mol. The van der Waals surface area contributed by atoms with Crippen molar-refractivity contribution in [2.75, 3.05) is 46.4 Å². The van der Waals surface area contributed by atoms with Crippen LogP contribution in [0.4, 0.5) is 9.18 Å². The number of piperidine rings is 1. The van der Waals surface area contributed by atoms with E-state index in [2.05, 4.69) is 109 Å². The molecule has 14 rings (SSSR count). The lowest BCUT2D eigenvalue weighted by atomic mass is 9.59.